The molecule has 0 radical (unpaired) electrons. The molecule has 1 atom stereocenters. The summed E-state index contributed by atoms with van der Waals surface area (Å²) < 4.78 is 29.1. The lowest BCUT2D eigenvalue weighted by atomic mass is 9.89. The zero-order chi connectivity index (χ0) is 22.0. The van der Waals surface area contributed by atoms with Crippen LogP contribution in [0, 0.1) is 5.92 Å². The third-order valence-electron chi connectivity index (χ3n) is 5.61. The van der Waals surface area contributed by atoms with E-state index in [0.29, 0.717) is 23.1 Å². The van der Waals surface area contributed by atoms with Crippen molar-refractivity contribution in [2.24, 2.45) is 5.92 Å². The number of halogens is 2. The lowest BCUT2D eigenvalue weighted by Crippen LogP contribution is -2.51. The number of hydrogen-bond donors (Lipinski definition) is 3. The molecular weight excluding hydrogens is 408 g/mol. The normalized spacial score (nSPS) is 20.4. The van der Waals surface area contributed by atoms with E-state index in [-0.39, 0.29) is 30.0 Å². The molecule has 162 valence electrons. The van der Waals surface area contributed by atoms with Crippen molar-refractivity contribution < 1.29 is 27.9 Å². The molecule has 2 aromatic rings. The quantitative estimate of drug-likeness (QED) is 0.562. The first-order valence-corrected chi connectivity index (χ1v) is 9.95. The van der Waals surface area contributed by atoms with Gasteiger partial charge >= 0.3 is 12.6 Å². The Morgan fingerprint density at radius 3 is 2.45 bits per heavy atom. The Kier molecular flexibility index (Phi) is 5.58. The summed E-state index contributed by atoms with van der Waals surface area (Å²) in [5.41, 5.74) is 0.742. The van der Waals surface area contributed by atoms with Crippen LogP contribution in [0.25, 0.3) is 11.1 Å². The summed E-state index contributed by atoms with van der Waals surface area (Å²) in [6.45, 7) is -2.70. The van der Waals surface area contributed by atoms with Crippen LogP contribution in [-0.2, 0) is 4.79 Å². The van der Waals surface area contributed by atoms with Crippen LogP contribution < -0.4 is 20.7 Å². The standard InChI is InChI=1S/C22H21F2N3O4/c23-20(24)31-15-9-5-13(6-10-15)16-3-1-2-4-17(16)18(28)25-12-11-22(14-7-8-14)19(29)26-21(30)27-22/h1-6,9-10,14,20H,7-8,11-12H2,(H,25,28)(H2,26,27,29,30)/t22-/m0/s1. The number of urea groups is 1. The number of nitrogens with one attached hydrogen (secondary N) is 3. The monoisotopic (exact) mass is 429 g/mol. The maximum Gasteiger partial charge on any atom is 0.387 e. The minimum Gasteiger partial charge on any atom is -0.435 e. The van der Waals surface area contributed by atoms with Crippen molar-refractivity contribution in [3.8, 4) is 16.9 Å². The van der Waals surface area contributed by atoms with Gasteiger partial charge in [0.15, 0.2) is 0 Å². The highest BCUT2D eigenvalue weighted by atomic mass is 19.3. The fourth-order valence-electron chi connectivity index (χ4n) is 3.97. The van der Waals surface area contributed by atoms with Gasteiger partial charge in [-0.25, -0.2) is 4.79 Å². The maximum absolute atomic E-state index is 12.8. The number of carbonyl (C=O) groups excluding carboxylic acids is 3. The highest BCUT2D eigenvalue weighted by Crippen LogP contribution is 2.43. The largest absolute Gasteiger partial charge is 0.435 e. The summed E-state index contributed by atoms with van der Waals surface area (Å²) in [6.07, 6.45) is 2.01. The van der Waals surface area contributed by atoms with Gasteiger partial charge in [0.05, 0.1) is 0 Å². The molecule has 1 saturated carbocycles. The molecule has 1 saturated heterocycles. The molecule has 2 fully saturated rings. The lowest BCUT2D eigenvalue weighted by Gasteiger charge is -2.26. The van der Waals surface area contributed by atoms with E-state index < -0.39 is 18.2 Å². The molecule has 1 aliphatic heterocycles. The molecule has 0 spiro atoms. The van der Waals surface area contributed by atoms with Crippen LogP contribution in [0.4, 0.5) is 13.6 Å². The fraction of sp³-hybridized carbons (Fsp3) is 0.318. The summed E-state index contributed by atoms with van der Waals surface area (Å²) in [5.74, 6) is -0.569. The molecule has 1 aliphatic carbocycles. The molecule has 7 nitrogen and oxygen atoms in total. The highest BCUT2D eigenvalue weighted by Gasteiger charge is 2.55. The third kappa shape index (κ3) is 4.35. The first-order chi connectivity index (χ1) is 14.9. The van der Waals surface area contributed by atoms with E-state index in [9.17, 15) is 23.2 Å². The molecule has 3 N–H and O–H groups in total. The Balaban J connectivity index is 1.45. The van der Waals surface area contributed by atoms with Crippen molar-refractivity contribution in [3.63, 3.8) is 0 Å². The van der Waals surface area contributed by atoms with Crippen LogP contribution in [0.15, 0.2) is 48.5 Å². The molecule has 0 bridgehead atoms. The second-order valence-corrected chi connectivity index (χ2v) is 7.61. The predicted molar refractivity (Wildman–Crippen MR) is 108 cm³/mol. The molecule has 1 heterocycles. The number of alkyl halides is 2. The van der Waals surface area contributed by atoms with Gasteiger partial charge in [-0.3, -0.25) is 14.9 Å². The van der Waals surface area contributed by atoms with Crippen molar-refractivity contribution in [2.75, 3.05) is 6.54 Å². The predicted octanol–water partition coefficient (Wildman–Crippen LogP) is 3.06. The number of carbonyl (C=O) groups is 3. The minimum absolute atomic E-state index is 0.0305. The van der Waals surface area contributed by atoms with Crippen LogP contribution in [-0.4, -0.2) is 36.5 Å². The van der Waals surface area contributed by atoms with Crippen LogP contribution in [0.3, 0.4) is 0 Å². The van der Waals surface area contributed by atoms with E-state index in [1.807, 2.05) is 0 Å². The number of hydrogen-bond acceptors (Lipinski definition) is 4. The fourth-order valence-corrected chi connectivity index (χ4v) is 3.97. The van der Waals surface area contributed by atoms with Crippen molar-refractivity contribution in [2.45, 2.75) is 31.4 Å². The number of ether oxygens (including phenoxy) is 1. The van der Waals surface area contributed by atoms with Crippen LogP contribution in [0.2, 0.25) is 0 Å². The van der Waals surface area contributed by atoms with E-state index in [1.165, 1.54) is 12.1 Å². The number of benzene rings is 2. The van der Waals surface area contributed by atoms with Gasteiger partial charge in [-0.1, -0.05) is 30.3 Å². The summed E-state index contributed by atoms with van der Waals surface area (Å²) >= 11 is 0. The molecule has 9 heteroatoms. The zero-order valence-electron chi connectivity index (χ0n) is 16.5. The van der Waals surface area contributed by atoms with E-state index in [1.54, 1.807) is 36.4 Å². The summed E-state index contributed by atoms with van der Waals surface area (Å²) in [5, 5.41) is 7.84. The third-order valence-corrected chi connectivity index (χ3v) is 5.61. The highest BCUT2D eigenvalue weighted by molar-refractivity contribution is 6.07. The van der Waals surface area contributed by atoms with E-state index in [2.05, 4.69) is 20.7 Å². The van der Waals surface area contributed by atoms with Gasteiger partial charge in [-0.15, -0.1) is 0 Å². The second-order valence-electron chi connectivity index (χ2n) is 7.61. The van der Waals surface area contributed by atoms with E-state index in [4.69, 9.17) is 0 Å². The summed E-state index contributed by atoms with van der Waals surface area (Å²) in [6, 6.07) is 12.4. The Labute approximate surface area is 177 Å². The first-order valence-electron chi connectivity index (χ1n) is 9.95. The van der Waals surface area contributed by atoms with Crippen molar-refractivity contribution in [1.29, 1.82) is 0 Å². The molecule has 4 amide bonds. The summed E-state index contributed by atoms with van der Waals surface area (Å²) in [4.78, 5) is 36.8. The topological polar surface area (TPSA) is 96.5 Å². The van der Waals surface area contributed by atoms with Gasteiger partial charge in [0.2, 0.25) is 0 Å². The molecule has 0 unspecified atom stereocenters. The molecule has 0 aromatic heterocycles. The van der Waals surface area contributed by atoms with Crippen LogP contribution in [0.1, 0.15) is 29.6 Å². The number of amides is 4. The number of imide groups is 1. The van der Waals surface area contributed by atoms with E-state index >= 15 is 0 Å². The minimum atomic E-state index is -2.91. The summed E-state index contributed by atoms with van der Waals surface area (Å²) in [7, 11) is 0. The van der Waals surface area contributed by atoms with Gasteiger partial charge in [0.1, 0.15) is 11.3 Å². The van der Waals surface area contributed by atoms with Gasteiger partial charge < -0.3 is 15.4 Å². The molecule has 4 rings (SSSR count). The first kappa shape index (κ1) is 20.8. The van der Waals surface area contributed by atoms with Crippen molar-refractivity contribution in [3.05, 3.63) is 54.1 Å². The van der Waals surface area contributed by atoms with Gasteiger partial charge in [-0.05, 0) is 54.5 Å². The molecule has 31 heavy (non-hydrogen) atoms. The Morgan fingerprint density at radius 2 is 1.84 bits per heavy atom. The SMILES string of the molecule is O=C1NC(=O)[C@](CCNC(=O)c2ccccc2-c2ccc(OC(F)F)cc2)(C2CC2)N1. The molecule has 2 aromatic carbocycles. The molecule has 2 aliphatic rings. The Bertz CT molecular complexity index is 1010. The average Bonchev–Trinajstić information content (AvgIpc) is 3.54. The zero-order valence-corrected chi connectivity index (χ0v) is 16.5. The maximum atomic E-state index is 12.8. The Morgan fingerprint density at radius 1 is 1.13 bits per heavy atom. The van der Waals surface area contributed by atoms with Crippen LogP contribution in [0.5, 0.6) is 5.75 Å². The van der Waals surface area contributed by atoms with Crippen molar-refractivity contribution in [1.82, 2.24) is 16.0 Å². The smallest absolute Gasteiger partial charge is 0.387 e. The van der Waals surface area contributed by atoms with E-state index in [0.717, 1.165) is 12.8 Å². The van der Waals surface area contributed by atoms with Crippen LogP contribution >= 0.6 is 0 Å². The van der Waals surface area contributed by atoms with Gasteiger partial charge in [0.25, 0.3) is 11.8 Å². The number of rotatable bonds is 8. The van der Waals surface area contributed by atoms with Gasteiger partial charge in [0, 0.05) is 12.1 Å². The lowest BCUT2D eigenvalue weighted by molar-refractivity contribution is -0.125. The second kappa shape index (κ2) is 8.33. The molecular formula is C22H21F2N3O4. The van der Waals surface area contributed by atoms with Gasteiger partial charge in [-0.2, -0.15) is 8.78 Å². The Hall–Kier alpha value is -3.49. The van der Waals surface area contributed by atoms with Crippen molar-refractivity contribution >= 4 is 17.8 Å². The average molecular weight is 429 g/mol.